The van der Waals surface area contributed by atoms with Gasteiger partial charge in [0.25, 0.3) is 11.7 Å². The zero-order valence-corrected chi connectivity index (χ0v) is 16.4. The van der Waals surface area contributed by atoms with E-state index in [0.717, 1.165) is 22.6 Å². The molecule has 0 saturated carbocycles. The highest BCUT2D eigenvalue weighted by molar-refractivity contribution is 7.98. The Morgan fingerprint density at radius 1 is 1.04 bits per heavy atom. The number of carbonyl (C=O) groups excluding carboxylic acids is 1. The number of fused-ring (bicyclic) bond motifs is 1. The van der Waals surface area contributed by atoms with Crippen LogP contribution < -0.4 is 5.32 Å². The van der Waals surface area contributed by atoms with Crippen molar-refractivity contribution in [2.75, 3.05) is 5.32 Å². The number of anilines is 1. The van der Waals surface area contributed by atoms with Crippen LogP contribution in [0.15, 0.2) is 65.8 Å². The van der Waals surface area contributed by atoms with Gasteiger partial charge in [-0.3, -0.25) is 4.79 Å². The Balaban J connectivity index is 1.46. The Labute approximate surface area is 167 Å². The fourth-order valence-corrected chi connectivity index (χ4v) is 3.64. The molecule has 0 aliphatic carbocycles. The van der Waals surface area contributed by atoms with Gasteiger partial charge in [-0.2, -0.15) is 4.98 Å². The molecule has 4 aromatic rings. The lowest BCUT2D eigenvalue weighted by Crippen LogP contribution is -2.11. The van der Waals surface area contributed by atoms with Gasteiger partial charge in [0.15, 0.2) is 0 Å². The van der Waals surface area contributed by atoms with Crippen molar-refractivity contribution in [2.24, 2.45) is 0 Å². The van der Waals surface area contributed by atoms with Gasteiger partial charge in [0.05, 0.1) is 0 Å². The lowest BCUT2D eigenvalue weighted by atomic mass is 10.1. The molecule has 7 heteroatoms. The van der Waals surface area contributed by atoms with Crippen molar-refractivity contribution >= 4 is 29.1 Å². The molecule has 140 valence electrons. The van der Waals surface area contributed by atoms with Crippen molar-refractivity contribution in [3.05, 3.63) is 83.2 Å². The first kappa shape index (κ1) is 18.2. The van der Waals surface area contributed by atoms with E-state index in [1.165, 1.54) is 11.8 Å². The standard InChI is InChI=1S/C21H19N5OS/c1-14-11-15(2)26-20(22-14)24-21(25-26)28-13-16-7-6-8-17(12-16)19(27)23-18-9-4-3-5-10-18/h3-12H,13H2,1-2H3,(H,23,27). The van der Waals surface area contributed by atoms with E-state index in [9.17, 15) is 4.79 Å². The maximum absolute atomic E-state index is 12.5. The number of nitrogens with one attached hydrogen (secondary N) is 1. The summed E-state index contributed by atoms with van der Waals surface area (Å²) >= 11 is 1.52. The highest BCUT2D eigenvalue weighted by Crippen LogP contribution is 2.21. The first-order valence-electron chi connectivity index (χ1n) is 8.88. The number of hydrogen-bond donors (Lipinski definition) is 1. The number of rotatable bonds is 5. The summed E-state index contributed by atoms with van der Waals surface area (Å²) in [5, 5.41) is 8.08. The number of carbonyl (C=O) groups is 1. The predicted molar refractivity (Wildman–Crippen MR) is 111 cm³/mol. The van der Waals surface area contributed by atoms with Gasteiger partial charge < -0.3 is 5.32 Å². The molecular formula is C21H19N5OS. The molecule has 0 aliphatic heterocycles. The van der Waals surface area contributed by atoms with Crippen LogP contribution in [0.1, 0.15) is 27.3 Å². The second-order valence-electron chi connectivity index (χ2n) is 6.45. The summed E-state index contributed by atoms with van der Waals surface area (Å²) in [5.41, 5.74) is 4.36. The van der Waals surface area contributed by atoms with Crippen LogP contribution in [0.25, 0.3) is 5.78 Å². The number of amides is 1. The molecule has 1 N–H and O–H groups in total. The number of para-hydroxylation sites is 1. The van der Waals surface area contributed by atoms with E-state index in [1.54, 1.807) is 4.52 Å². The largest absolute Gasteiger partial charge is 0.322 e. The maximum Gasteiger partial charge on any atom is 0.255 e. The zero-order valence-electron chi connectivity index (χ0n) is 15.6. The first-order valence-corrected chi connectivity index (χ1v) is 9.86. The van der Waals surface area contributed by atoms with Crippen LogP contribution in [0.5, 0.6) is 0 Å². The van der Waals surface area contributed by atoms with E-state index in [2.05, 4.69) is 20.4 Å². The summed E-state index contributed by atoms with van der Waals surface area (Å²) in [4.78, 5) is 21.4. The topological polar surface area (TPSA) is 72.2 Å². The lowest BCUT2D eigenvalue weighted by Gasteiger charge is -2.06. The SMILES string of the molecule is Cc1cc(C)n2nc(SCc3cccc(C(=O)Nc4ccccc4)c3)nc2n1. The van der Waals surface area contributed by atoms with Crippen LogP contribution in [0.2, 0.25) is 0 Å². The fourth-order valence-electron chi connectivity index (χ4n) is 2.88. The van der Waals surface area contributed by atoms with Crippen LogP contribution in [-0.2, 0) is 5.75 Å². The minimum Gasteiger partial charge on any atom is -0.322 e. The van der Waals surface area contributed by atoms with Gasteiger partial charge in [0, 0.05) is 28.4 Å². The molecule has 2 aromatic carbocycles. The smallest absolute Gasteiger partial charge is 0.255 e. The first-order chi connectivity index (χ1) is 13.6. The van der Waals surface area contributed by atoms with Gasteiger partial charge >= 0.3 is 0 Å². The van der Waals surface area contributed by atoms with Crippen LogP contribution in [0.4, 0.5) is 5.69 Å². The predicted octanol–water partition coefficient (Wildman–Crippen LogP) is 4.29. The van der Waals surface area contributed by atoms with Crippen LogP contribution in [0.3, 0.4) is 0 Å². The summed E-state index contributed by atoms with van der Waals surface area (Å²) < 4.78 is 1.75. The maximum atomic E-state index is 12.5. The molecule has 0 bridgehead atoms. The molecule has 0 saturated heterocycles. The van der Waals surface area contributed by atoms with Gasteiger partial charge in [-0.05, 0) is 49.7 Å². The lowest BCUT2D eigenvalue weighted by molar-refractivity contribution is 0.102. The molecule has 2 heterocycles. The Hall–Kier alpha value is -3.19. The van der Waals surface area contributed by atoms with E-state index in [1.807, 2.05) is 74.5 Å². The molecule has 0 unspecified atom stereocenters. The van der Waals surface area contributed by atoms with Gasteiger partial charge in [0.1, 0.15) is 0 Å². The minimum atomic E-state index is -0.126. The van der Waals surface area contributed by atoms with Gasteiger partial charge in [-0.25, -0.2) is 9.50 Å². The third-order valence-electron chi connectivity index (χ3n) is 4.19. The summed E-state index contributed by atoms with van der Waals surface area (Å²) in [6.45, 7) is 3.93. The average molecular weight is 389 g/mol. The van der Waals surface area contributed by atoms with Crippen molar-refractivity contribution in [1.29, 1.82) is 0 Å². The van der Waals surface area contributed by atoms with E-state index in [0.29, 0.717) is 22.3 Å². The Morgan fingerprint density at radius 3 is 2.68 bits per heavy atom. The summed E-state index contributed by atoms with van der Waals surface area (Å²) in [6, 6.07) is 19.0. The normalized spacial score (nSPS) is 10.9. The van der Waals surface area contributed by atoms with Crippen LogP contribution >= 0.6 is 11.8 Å². The Morgan fingerprint density at radius 2 is 1.86 bits per heavy atom. The van der Waals surface area contributed by atoms with Crippen molar-refractivity contribution in [2.45, 2.75) is 24.8 Å². The molecule has 6 nitrogen and oxygen atoms in total. The van der Waals surface area contributed by atoms with E-state index in [4.69, 9.17) is 0 Å². The van der Waals surface area contributed by atoms with E-state index < -0.39 is 0 Å². The second kappa shape index (κ2) is 7.82. The van der Waals surface area contributed by atoms with Gasteiger partial charge in [0.2, 0.25) is 5.16 Å². The monoisotopic (exact) mass is 389 g/mol. The highest BCUT2D eigenvalue weighted by atomic mass is 32.2. The number of aromatic nitrogens is 4. The average Bonchev–Trinajstić information content (AvgIpc) is 3.11. The molecule has 0 radical (unpaired) electrons. The quantitative estimate of drug-likeness (QED) is 0.516. The van der Waals surface area contributed by atoms with Crippen molar-refractivity contribution in [3.8, 4) is 0 Å². The molecule has 4 rings (SSSR count). The number of thioether (sulfide) groups is 1. The number of benzene rings is 2. The molecular weight excluding hydrogens is 370 g/mol. The third-order valence-corrected chi connectivity index (χ3v) is 5.10. The van der Waals surface area contributed by atoms with Crippen molar-refractivity contribution in [3.63, 3.8) is 0 Å². The Kier molecular flexibility index (Phi) is 5.08. The van der Waals surface area contributed by atoms with E-state index in [-0.39, 0.29) is 5.91 Å². The van der Waals surface area contributed by atoms with Crippen molar-refractivity contribution < 1.29 is 4.79 Å². The summed E-state index contributed by atoms with van der Waals surface area (Å²) in [7, 11) is 0. The van der Waals surface area contributed by atoms with E-state index >= 15 is 0 Å². The van der Waals surface area contributed by atoms with Gasteiger partial charge in [-0.1, -0.05) is 42.1 Å². The number of aryl methyl sites for hydroxylation is 2. The minimum absolute atomic E-state index is 0.126. The molecule has 0 aliphatic rings. The third kappa shape index (κ3) is 4.04. The fraction of sp³-hybridized carbons (Fsp3) is 0.143. The van der Waals surface area contributed by atoms with Gasteiger partial charge in [-0.15, -0.1) is 5.10 Å². The summed E-state index contributed by atoms with van der Waals surface area (Å²) in [6.07, 6.45) is 0. The second-order valence-corrected chi connectivity index (χ2v) is 7.40. The highest BCUT2D eigenvalue weighted by Gasteiger charge is 2.10. The molecule has 0 atom stereocenters. The van der Waals surface area contributed by atoms with Crippen LogP contribution in [-0.4, -0.2) is 25.5 Å². The number of nitrogens with zero attached hydrogens (tertiary/aromatic N) is 4. The zero-order chi connectivity index (χ0) is 19.5. The van der Waals surface area contributed by atoms with Crippen LogP contribution in [0, 0.1) is 13.8 Å². The molecule has 28 heavy (non-hydrogen) atoms. The molecule has 0 fully saturated rings. The van der Waals surface area contributed by atoms with Crippen molar-refractivity contribution in [1.82, 2.24) is 19.6 Å². The molecule has 0 spiro atoms. The Bertz CT molecular complexity index is 1140. The number of hydrogen-bond acceptors (Lipinski definition) is 5. The molecule has 2 aromatic heterocycles. The molecule has 1 amide bonds. The summed E-state index contributed by atoms with van der Waals surface area (Å²) in [5.74, 6) is 1.15.